The van der Waals surface area contributed by atoms with Crippen molar-refractivity contribution in [2.45, 2.75) is 6.23 Å². The summed E-state index contributed by atoms with van der Waals surface area (Å²) < 4.78 is 17.8. The van der Waals surface area contributed by atoms with Crippen molar-refractivity contribution in [2.24, 2.45) is 0 Å². The first-order chi connectivity index (χ1) is 14.1. The molecule has 4 rings (SSSR count). The number of aromatic nitrogens is 2. The fourth-order valence-corrected chi connectivity index (χ4v) is 3.59. The predicted octanol–water partition coefficient (Wildman–Crippen LogP) is 1.76. The van der Waals surface area contributed by atoms with Gasteiger partial charge in [0.25, 0.3) is 5.56 Å². The maximum atomic E-state index is 12.8. The Morgan fingerprint density at radius 3 is 2.66 bits per heavy atom. The van der Waals surface area contributed by atoms with Crippen molar-refractivity contribution in [2.75, 3.05) is 45.9 Å². The molecule has 8 heteroatoms. The largest absolute Gasteiger partial charge is 0.493 e. The number of ether oxygens (including phenoxy) is 3. The van der Waals surface area contributed by atoms with E-state index in [1.54, 1.807) is 31.8 Å². The molecule has 29 heavy (non-hydrogen) atoms. The van der Waals surface area contributed by atoms with Crippen LogP contribution in [-0.4, -0.2) is 56.6 Å². The number of nitrogens with one attached hydrogen (secondary N) is 1. The first-order valence-corrected chi connectivity index (χ1v) is 9.40. The van der Waals surface area contributed by atoms with E-state index in [9.17, 15) is 4.79 Å². The molecule has 0 aliphatic carbocycles. The highest BCUT2D eigenvalue weighted by Crippen LogP contribution is 2.31. The molecule has 1 aliphatic heterocycles. The molecule has 0 saturated carbocycles. The van der Waals surface area contributed by atoms with Crippen LogP contribution >= 0.6 is 0 Å². The van der Waals surface area contributed by atoms with Gasteiger partial charge in [0, 0.05) is 44.6 Å². The van der Waals surface area contributed by atoms with E-state index in [1.807, 2.05) is 30.5 Å². The quantitative estimate of drug-likeness (QED) is 0.704. The first kappa shape index (κ1) is 19.2. The van der Waals surface area contributed by atoms with Crippen LogP contribution in [0, 0.1) is 0 Å². The standard InChI is InChI=1S/C21H24N4O4/c1-27-17-6-4-14(10-18(17)28-2)16-11-20(26)25-13-15(5-7-19(25)23-16)24-9-8-22-12-21(24)29-3/h4-7,10-11,13,21-22H,8-9,12H2,1-3H3. The molecule has 8 nitrogen and oxygen atoms in total. The van der Waals surface area contributed by atoms with Crippen LogP contribution in [0.3, 0.4) is 0 Å². The van der Waals surface area contributed by atoms with E-state index in [2.05, 4.69) is 15.2 Å². The SMILES string of the molecule is COc1ccc(-c2cc(=O)n3cc(N4CCNCC4OC)ccc3n2)cc1OC. The normalized spacial score (nSPS) is 16.8. The average Bonchev–Trinajstić information content (AvgIpc) is 2.78. The predicted molar refractivity (Wildman–Crippen MR) is 111 cm³/mol. The molecule has 1 N–H and O–H groups in total. The van der Waals surface area contributed by atoms with Crippen molar-refractivity contribution in [3.8, 4) is 22.8 Å². The van der Waals surface area contributed by atoms with Gasteiger partial charge in [0.05, 0.1) is 25.6 Å². The van der Waals surface area contributed by atoms with Gasteiger partial charge in [-0.1, -0.05) is 0 Å². The highest BCUT2D eigenvalue weighted by Gasteiger charge is 2.22. The van der Waals surface area contributed by atoms with Crippen LogP contribution in [-0.2, 0) is 4.74 Å². The lowest BCUT2D eigenvalue weighted by atomic mass is 10.1. The van der Waals surface area contributed by atoms with E-state index >= 15 is 0 Å². The molecule has 1 aliphatic rings. The Labute approximate surface area is 168 Å². The molecule has 1 unspecified atom stereocenters. The summed E-state index contributed by atoms with van der Waals surface area (Å²) >= 11 is 0. The number of benzene rings is 1. The number of rotatable bonds is 5. The number of methoxy groups -OCH3 is 3. The Bertz CT molecular complexity index is 1080. The zero-order valence-electron chi connectivity index (χ0n) is 16.7. The number of piperazine rings is 1. The topological polar surface area (TPSA) is 77.3 Å². The second-order valence-corrected chi connectivity index (χ2v) is 6.75. The molecule has 0 radical (unpaired) electrons. The Kier molecular flexibility index (Phi) is 5.37. The maximum Gasteiger partial charge on any atom is 0.258 e. The molecule has 1 saturated heterocycles. The molecule has 0 spiro atoms. The van der Waals surface area contributed by atoms with Gasteiger partial charge in [-0.25, -0.2) is 4.98 Å². The van der Waals surface area contributed by atoms with Crippen LogP contribution in [0.4, 0.5) is 5.69 Å². The minimum atomic E-state index is -0.147. The number of fused-ring (bicyclic) bond motifs is 1. The number of pyridine rings is 1. The molecule has 1 atom stereocenters. The molecule has 3 heterocycles. The third-order valence-electron chi connectivity index (χ3n) is 5.12. The van der Waals surface area contributed by atoms with E-state index in [4.69, 9.17) is 14.2 Å². The van der Waals surface area contributed by atoms with E-state index < -0.39 is 0 Å². The monoisotopic (exact) mass is 396 g/mol. The van der Waals surface area contributed by atoms with E-state index in [-0.39, 0.29) is 11.8 Å². The smallest absolute Gasteiger partial charge is 0.258 e. The van der Waals surface area contributed by atoms with Crippen LogP contribution in [0.15, 0.2) is 47.4 Å². The molecule has 3 aromatic rings. The second-order valence-electron chi connectivity index (χ2n) is 6.75. The fraction of sp³-hybridized carbons (Fsp3) is 0.333. The summed E-state index contributed by atoms with van der Waals surface area (Å²) in [5, 5.41) is 3.31. The first-order valence-electron chi connectivity index (χ1n) is 9.40. The summed E-state index contributed by atoms with van der Waals surface area (Å²) in [4.78, 5) is 19.7. The van der Waals surface area contributed by atoms with E-state index in [0.717, 1.165) is 30.9 Å². The van der Waals surface area contributed by atoms with Crippen LogP contribution in [0.1, 0.15) is 0 Å². The van der Waals surface area contributed by atoms with Crippen LogP contribution in [0.2, 0.25) is 0 Å². The molecular weight excluding hydrogens is 372 g/mol. The van der Waals surface area contributed by atoms with Gasteiger partial charge in [-0.2, -0.15) is 0 Å². The molecular formula is C21H24N4O4. The molecule has 152 valence electrons. The summed E-state index contributed by atoms with van der Waals surface area (Å²) in [6, 6.07) is 10.8. The lowest BCUT2D eigenvalue weighted by Gasteiger charge is -2.36. The third-order valence-corrected chi connectivity index (χ3v) is 5.12. The Morgan fingerprint density at radius 1 is 1.07 bits per heavy atom. The maximum absolute atomic E-state index is 12.8. The Morgan fingerprint density at radius 2 is 1.90 bits per heavy atom. The number of hydrogen-bond donors (Lipinski definition) is 1. The summed E-state index contributed by atoms with van der Waals surface area (Å²) in [6.07, 6.45) is 1.75. The zero-order chi connectivity index (χ0) is 20.4. The molecule has 1 aromatic carbocycles. The second kappa shape index (κ2) is 8.10. The highest BCUT2D eigenvalue weighted by atomic mass is 16.5. The van der Waals surface area contributed by atoms with Gasteiger partial charge in [-0.3, -0.25) is 9.20 Å². The van der Waals surface area contributed by atoms with Crippen molar-refractivity contribution >= 4 is 11.3 Å². The van der Waals surface area contributed by atoms with Crippen molar-refractivity contribution < 1.29 is 14.2 Å². The summed E-state index contributed by atoms with van der Waals surface area (Å²) in [6.45, 7) is 2.40. The van der Waals surface area contributed by atoms with Gasteiger partial charge in [0.1, 0.15) is 11.9 Å². The van der Waals surface area contributed by atoms with Crippen LogP contribution in [0.5, 0.6) is 11.5 Å². The van der Waals surface area contributed by atoms with Crippen LogP contribution in [0.25, 0.3) is 16.9 Å². The molecule has 2 aromatic heterocycles. The van der Waals surface area contributed by atoms with Crippen LogP contribution < -0.4 is 25.2 Å². The summed E-state index contributed by atoms with van der Waals surface area (Å²) in [7, 11) is 4.85. The number of nitrogens with zero attached hydrogens (tertiary/aromatic N) is 3. The van der Waals surface area contributed by atoms with Gasteiger partial charge < -0.3 is 24.4 Å². The highest BCUT2D eigenvalue weighted by molar-refractivity contribution is 5.66. The van der Waals surface area contributed by atoms with Gasteiger partial charge in [0.15, 0.2) is 11.5 Å². The number of anilines is 1. The van der Waals surface area contributed by atoms with E-state index in [0.29, 0.717) is 22.8 Å². The summed E-state index contributed by atoms with van der Waals surface area (Å²) in [5.41, 5.74) is 2.73. The lowest BCUT2D eigenvalue weighted by Crippen LogP contribution is -2.52. The Balaban J connectivity index is 1.74. The van der Waals surface area contributed by atoms with Crippen molar-refractivity contribution in [3.05, 3.63) is 52.9 Å². The fourth-order valence-electron chi connectivity index (χ4n) is 3.59. The van der Waals surface area contributed by atoms with Crippen molar-refractivity contribution in [1.29, 1.82) is 0 Å². The molecule has 0 amide bonds. The minimum absolute atomic E-state index is 0.0732. The number of hydrogen-bond acceptors (Lipinski definition) is 7. The summed E-state index contributed by atoms with van der Waals surface area (Å²) in [5.74, 6) is 1.22. The average molecular weight is 396 g/mol. The van der Waals surface area contributed by atoms with E-state index in [1.165, 1.54) is 6.07 Å². The van der Waals surface area contributed by atoms with Crippen molar-refractivity contribution in [1.82, 2.24) is 14.7 Å². The van der Waals surface area contributed by atoms with Gasteiger partial charge in [-0.15, -0.1) is 0 Å². The molecule has 0 bridgehead atoms. The molecule has 1 fully saturated rings. The lowest BCUT2D eigenvalue weighted by molar-refractivity contribution is 0.0881. The van der Waals surface area contributed by atoms with Gasteiger partial charge >= 0.3 is 0 Å². The van der Waals surface area contributed by atoms with Crippen molar-refractivity contribution in [3.63, 3.8) is 0 Å². The third kappa shape index (κ3) is 3.64. The van der Waals surface area contributed by atoms with Gasteiger partial charge in [-0.05, 0) is 30.3 Å². The zero-order valence-corrected chi connectivity index (χ0v) is 16.7. The Hall–Kier alpha value is -3.10. The minimum Gasteiger partial charge on any atom is -0.493 e. The van der Waals surface area contributed by atoms with Gasteiger partial charge in [0.2, 0.25) is 0 Å².